The molecule has 5 heteroatoms. The predicted molar refractivity (Wildman–Crippen MR) is 87.6 cm³/mol. The molecule has 1 aliphatic carbocycles. The van der Waals surface area contributed by atoms with E-state index in [1.807, 2.05) is 24.3 Å². The van der Waals surface area contributed by atoms with Gasteiger partial charge in [-0.25, -0.2) is 0 Å². The molecule has 0 radical (unpaired) electrons. The van der Waals surface area contributed by atoms with Crippen molar-refractivity contribution in [3.05, 3.63) is 47.4 Å². The summed E-state index contributed by atoms with van der Waals surface area (Å²) in [6.45, 7) is 1.50. The van der Waals surface area contributed by atoms with Crippen molar-refractivity contribution in [2.24, 2.45) is 0 Å². The molecule has 0 saturated heterocycles. The number of hydrogen-bond acceptors (Lipinski definition) is 4. The number of esters is 1. The Morgan fingerprint density at radius 2 is 2.00 bits per heavy atom. The number of hydrogen-bond donors (Lipinski definition) is 0. The highest BCUT2D eigenvalue weighted by Gasteiger charge is 2.37. The van der Waals surface area contributed by atoms with Crippen molar-refractivity contribution in [2.75, 3.05) is 0 Å². The van der Waals surface area contributed by atoms with Crippen molar-refractivity contribution < 1.29 is 19.1 Å². The Bertz CT molecular complexity index is 919. The van der Waals surface area contributed by atoms with Crippen LogP contribution in [0.4, 0.5) is 0 Å². The van der Waals surface area contributed by atoms with Gasteiger partial charge in [-0.15, -0.1) is 0 Å². The Morgan fingerprint density at radius 3 is 2.79 bits per heavy atom. The first-order chi connectivity index (χ1) is 11.6. The number of allylic oxidation sites excluding steroid dienone is 2. The molecule has 0 saturated carbocycles. The fourth-order valence-electron chi connectivity index (χ4n) is 3.79. The molecular weight excluding hydrogens is 306 g/mol. The molecule has 2 aromatic rings. The second-order valence-corrected chi connectivity index (χ2v) is 6.33. The number of carbonyl (C=O) groups excluding carboxylic acids is 3. The van der Waals surface area contributed by atoms with E-state index in [1.54, 1.807) is 10.8 Å². The summed E-state index contributed by atoms with van der Waals surface area (Å²) in [5.41, 5.74) is 2.26. The average molecular weight is 323 g/mol. The fraction of sp³-hybridized carbons (Fsp3) is 0.316. The lowest BCUT2D eigenvalue weighted by Gasteiger charge is -2.29. The maximum atomic E-state index is 12.5. The molecule has 2 aliphatic rings. The van der Waals surface area contributed by atoms with Gasteiger partial charge < -0.3 is 4.74 Å². The lowest BCUT2D eigenvalue weighted by Crippen LogP contribution is -2.27. The average Bonchev–Trinajstić information content (AvgIpc) is 2.94. The Morgan fingerprint density at radius 1 is 1.21 bits per heavy atom. The van der Waals surface area contributed by atoms with Gasteiger partial charge in [0.05, 0.1) is 11.9 Å². The lowest BCUT2D eigenvalue weighted by atomic mass is 9.79. The van der Waals surface area contributed by atoms with Crippen LogP contribution in [0.25, 0.3) is 10.9 Å². The van der Waals surface area contributed by atoms with E-state index in [0.29, 0.717) is 30.6 Å². The van der Waals surface area contributed by atoms with Crippen molar-refractivity contribution in [2.45, 2.75) is 38.5 Å². The van der Waals surface area contributed by atoms with Crippen LogP contribution in [-0.4, -0.2) is 22.2 Å². The summed E-state index contributed by atoms with van der Waals surface area (Å²) >= 11 is 0. The molecule has 2 heterocycles. The highest BCUT2D eigenvalue weighted by Crippen LogP contribution is 2.42. The van der Waals surface area contributed by atoms with Gasteiger partial charge in [-0.05, 0) is 18.1 Å². The van der Waals surface area contributed by atoms with Crippen LogP contribution in [0.3, 0.4) is 0 Å². The van der Waals surface area contributed by atoms with Gasteiger partial charge >= 0.3 is 5.97 Å². The van der Waals surface area contributed by atoms with Crippen LogP contribution in [0.5, 0.6) is 0 Å². The third-order valence-corrected chi connectivity index (χ3v) is 4.82. The van der Waals surface area contributed by atoms with Gasteiger partial charge in [0.25, 0.3) is 0 Å². The number of fused-ring (bicyclic) bond motifs is 1. The zero-order chi connectivity index (χ0) is 16.8. The third kappa shape index (κ3) is 2.19. The van der Waals surface area contributed by atoms with Crippen LogP contribution in [0.15, 0.2) is 41.8 Å². The van der Waals surface area contributed by atoms with E-state index in [9.17, 15) is 14.4 Å². The zero-order valence-electron chi connectivity index (χ0n) is 13.4. The quantitative estimate of drug-likeness (QED) is 0.755. The monoisotopic (exact) mass is 323 g/mol. The number of ether oxygens (including phenoxy) is 1. The SMILES string of the molecule is CC(=O)n1cc(C2CC(=O)OC3=C2C(=O)CCC3)c2ccccc21. The van der Waals surface area contributed by atoms with Crippen LogP contribution in [0.2, 0.25) is 0 Å². The van der Waals surface area contributed by atoms with E-state index >= 15 is 0 Å². The molecule has 24 heavy (non-hydrogen) atoms. The van der Waals surface area contributed by atoms with E-state index in [4.69, 9.17) is 4.74 Å². The van der Waals surface area contributed by atoms with Crippen molar-refractivity contribution >= 4 is 28.6 Å². The minimum absolute atomic E-state index is 0.0495. The molecule has 5 nitrogen and oxygen atoms in total. The maximum Gasteiger partial charge on any atom is 0.311 e. The molecule has 122 valence electrons. The van der Waals surface area contributed by atoms with E-state index in [0.717, 1.165) is 16.5 Å². The van der Waals surface area contributed by atoms with Crippen LogP contribution in [0.1, 0.15) is 48.9 Å². The summed E-state index contributed by atoms with van der Waals surface area (Å²) in [5, 5.41) is 0.901. The number of aromatic nitrogens is 1. The van der Waals surface area contributed by atoms with E-state index < -0.39 is 0 Å². The highest BCUT2D eigenvalue weighted by atomic mass is 16.5. The first kappa shape index (κ1) is 14.9. The Hall–Kier alpha value is -2.69. The van der Waals surface area contributed by atoms with Crippen LogP contribution in [0, 0.1) is 0 Å². The molecular formula is C19H17NO4. The molecule has 0 N–H and O–H groups in total. The summed E-state index contributed by atoms with van der Waals surface area (Å²) in [6, 6.07) is 7.57. The predicted octanol–water partition coefficient (Wildman–Crippen LogP) is 3.34. The fourth-order valence-corrected chi connectivity index (χ4v) is 3.79. The van der Waals surface area contributed by atoms with Gasteiger partial charge in [0.1, 0.15) is 5.76 Å². The molecule has 4 rings (SSSR count). The van der Waals surface area contributed by atoms with Crippen molar-refractivity contribution in [1.29, 1.82) is 0 Å². The minimum atomic E-state index is -0.334. The smallest absolute Gasteiger partial charge is 0.311 e. The molecule has 1 aromatic carbocycles. The minimum Gasteiger partial charge on any atom is -0.431 e. The summed E-state index contributed by atoms with van der Waals surface area (Å²) in [5.74, 6) is -0.173. The van der Waals surface area contributed by atoms with Crippen LogP contribution in [-0.2, 0) is 14.3 Å². The van der Waals surface area contributed by atoms with Gasteiger partial charge in [-0.1, -0.05) is 18.2 Å². The Labute approximate surface area is 138 Å². The number of nitrogens with zero attached hydrogens (tertiary/aromatic N) is 1. The highest BCUT2D eigenvalue weighted by molar-refractivity contribution is 6.02. The first-order valence-electron chi connectivity index (χ1n) is 8.14. The van der Waals surface area contributed by atoms with E-state index in [2.05, 4.69) is 0 Å². The third-order valence-electron chi connectivity index (χ3n) is 4.82. The Kier molecular flexibility index (Phi) is 3.37. The van der Waals surface area contributed by atoms with Crippen molar-refractivity contribution in [3.63, 3.8) is 0 Å². The van der Waals surface area contributed by atoms with Crippen LogP contribution < -0.4 is 0 Å². The Balaban J connectivity index is 1.95. The van der Waals surface area contributed by atoms with Gasteiger partial charge in [0, 0.05) is 42.8 Å². The van der Waals surface area contributed by atoms with Crippen molar-refractivity contribution in [1.82, 2.24) is 4.57 Å². The summed E-state index contributed by atoms with van der Waals surface area (Å²) in [4.78, 5) is 36.5. The molecule has 0 bridgehead atoms. The topological polar surface area (TPSA) is 65.4 Å². The number of para-hydroxylation sites is 1. The number of ketones is 1. The second-order valence-electron chi connectivity index (χ2n) is 6.33. The molecule has 0 spiro atoms. The largest absolute Gasteiger partial charge is 0.431 e. The van der Waals surface area contributed by atoms with E-state index in [-0.39, 0.29) is 30.0 Å². The van der Waals surface area contributed by atoms with Gasteiger partial charge in [-0.3, -0.25) is 19.0 Å². The summed E-state index contributed by atoms with van der Waals surface area (Å²) in [6.07, 6.45) is 3.72. The standard InChI is InChI=1S/C19H17NO4/c1-11(21)20-10-14(12-5-2-3-6-15(12)20)13-9-18(23)24-17-8-4-7-16(22)19(13)17/h2-3,5-6,10,13H,4,7-9H2,1H3. The lowest BCUT2D eigenvalue weighted by molar-refractivity contribution is -0.142. The number of carbonyl (C=O) groups is 3. The summed E-state index contributed by atoms with van der Waals surface area (Å²) in [7, 11) is 0. The number of benzene rings is 1. The molecule has 0 fully saturated rings. The first-order valence-corrected chi connectivity index (χ1v) is 8.14. The normalized spacial score (nSPS) is 21.0. The number of Topliss-reactive ketones (excluding diaryl/α,β-unsaturated/α-hetero) is 1. The van der Waals surface area contributed by atoms with Gasteiger partial charge in [0.15, 0.2) is 5.78 Å². The molecule has 1 aliphatic heterocycles. The van der Waals surface area contributed by atoms with Crippen LogP contribution >= 0.6 is 0 Å². The number of rotatable bonds is 1. The second kappa shape index (κ2) is 5.44. The zero-order valence-corrected chi connectivity index (χ0v) is 13.4. The van der Waals surface area contributed by atoms with Crippen molar-refractivity contribution in [3.8, 4) is 0 Å². The molecule has 0 amide bonds. The molecule has 1 atom stereocenters. The van der Waals surface area contributed by atoms with Gasteiger partial charge in [0.2, 0.25) is 5.91 Å². The molecule has 1 aromatic heterocycles. The van der Waals surface area contributed by atoms with Gasteiger partial charge in [-0.2, -0.15) is 0 Å². The molecule has 1 unspecified atom stereocenters. The summed E-state index contributed by atoms with van der Waals surface area (Å²) < 4.78 is 6.91. The maximum absolute atomic E-state index is 12.5. The van der Waals surface area contributed by atoms with E-state index in [1.165, 1.54) is 6.92 Å².